The maximum Gasteiger partial charge on any atom is 0.337 e. The Morgan fingerprint density at radius 1 is 1.12 bits per heavy atom. The molecule has 6 nitrogen and oxygen atoms in total. The molecule has 1 N–H and O–H groups in total. The number of anilines is 1. The third-order valence-corrected chi connectivity index (χ3v) is 7.21. The van der Waals surface area contributed by atoms with E-state index < -0.39 is 5.97 Å². The minimum absolute atomic E-state index is 0.139. The molecule has 2 aromatic carbocycles. The summed E-state index contributed by atoms with van der Waals surface area (Å²) < 4.78 is 5.20. The quantitative estimate of drug-likeness (QED) is 0.178. The van der Waals surface area contributed by atoms with Crippen LogP contribution in [0.5, 0.6) is 0 Å². The van der Waals surface area contributed by atoms with Crippen LogP contribution in [0.1, 0.15) is 41.6 Å². The Kier molecular flexibility index (Phi) is 9.53. The first-order valence-corrected chi connectivity index (χ1v) is 12.5. The van der Waals surface area contributed by atoms with Crippen LogP contribution in [0.15, 0.2) is 47.4 Å². The zero-order chi connectivity index (χ0) is 24.7. The number of carbonyl (C=O) groups is 3. The summed E-state index contributed by atoms with van der Waals surface area (Å²) in [5, 5.41) is 3.47. The van der Waals surface area contributed by atoms with Crippen molar-refractivity contribution in [2.24, 2.45) is 0 Å². The van der Waals surface area contributed by atoms with E-state index in [1.54, 1.807) is 53.4 Å². The monoisotopic (exact) mass is 536 g/mol. The van der Waals surface area contributed by atoms with E-state index in [-0.39, 0.29) is 11.8 Å². The first kappa shape index (κ1) is 26.2. The highest BCUT2D eigenvalue weighted by Crippen LogP contribution is 2.33. The number of hydrogen-bond acceptors (Lipinski definition) is 6. The molecule has 10 heteroatoms. The molecule has 2 amide bonds. The van der Waals surface area contributed by atoms with Gasteiger partial charge < -0.3 is 10.1 Å². The average molecular weight is 537 g/mol. The van der Waals surface area contributed by atoms with Gasteiger partial charge in [-0.2, -0.15) is 0 Å². The van der Waals surface area contributed by atoms with Gasteiger partial charge in [-0.05, 0) is 48.7 Å². The van der Waals surface area contributed by atoms with Crippen LogP contribution in [0, 0.1) is 0 Å². The van der Waals surface area contributed by atoms with Gasteiger partial charge in [0.25, 0.3) is 5.91 Å². The first-order chi connectivity index (χ1) is 16.3. The maximum absolute atomic E-state index is 12.8. The highest BCUT2D eigenvalue weighted by molar-refractivity contribution is 8.26. The largest absolute Gasteiger partial charge is 0.465 e. The molecule has 1 saturated heterocycles. The molecule has 0 aromatic heterocycles. The van der Waals surface area contributed by atoms with E-state index in [2.05, 4.69) is 10.1 Å². The van der Waals surface area contributed by atoms with Crippen LogP contribution in [0.25, 0.3) is 6.08 Å². The van der Waals surface area contributed by atoms with Crippen molar-refractivity contribution >= 4 is 81.0 Å². The fourth-order valence-electron chi connectivity index (χ4n) is 3.22. The number of hydrogen-bond donors (Lipinski definition) is 1. The molecule has 0 spiro atoms. The summed E-state index contributed by atoms with van der Waals surface area (Å²) in [4.78, 5) is 38.6. The Morgan fingerprint density at radius 2 is 1.85 bits per heavy atom. The van der Waals surface area contributed by atoms with Gasteiger partial charge in [0.2, 0.25) is 5.91 Å². The van der Waals surface area contributed by atoms with Gasteiger partial charge in [-0.15, -0.1) is 0 Å². The molecule has 0 bridgehead atoms. The molecule has 3 rings (SSSR count). The zero-order valence-corrected chi connectivity index (χ0v) is 21.5. The molecule has 1 aliphatic heterocycles. The predicted molar refractivity (Wildman–Crippen MR) is 141 cm³/mol. The summed E-state index contributed by atoms with van der Waals surface area (Å²) in [6.45, 7) is 0.491. The van der Waals surface area contributed by atoms with E-state index in [1.165, 1.54) is 18.9 Å². The van der Waals surface area contributed by atoms with Crippen molar-refractivity contribution in [3.63, 3.8) is 0 Å². The molecular weight excluding hydrogens is 515 g/mol. The van der Waals surface area contributed by atoms with Crippen LogP contribution < -0.4 is 5.32 Å². The number of thiocarbonyl (C=S) groups is 1. The van der Waals surface area contributed by atoms with Crippen molar-refractivity contribution in [3.05, 3.63) is 68.5 Å². The van der Waals surface area contributed by atoms with Crippen LogP contribution in [0.2, 0.25) is 10.0 Å². The molecule has 0 atom stereocenters. The van der Waals surface area contributed by atoms with Crippen molar-refractivity contribution < 1.29 is 19.1 Å². The van der Waals surface area contributed by atoms with E-state index >= 15 is 0 Å². The van der Waals surface area contributed by atoms with Gasteiger partial charge in [-0.25, -0.2) is 4.79 Å². The van der Waals surface area contributed by atoms with Gasteiger partial charge in [0, 0.05) is 13.0 Å². The van der Waals surface area contributed by atoms with Gasteiger partial charge >= 0.3 is 5.97 Å². The molecule has 178 valence electrons. The fourth-order valence-corrected chi connectivity index (χ4v) is 4.88. The van der Waals surface area contributed by atoms with E-state index in [4.69, 9.17) is 35.4 Å². The smallest absolute Gasteiger partial charge is 0.337 e. The van der Waals surface area contributed by atoms with Crippen LogP contribution in [-0.4, -0.2) is 40.7 Å². The Labute approximate surface area is 217 Å². The summed E-state index contributed by atoms with van der Waals surface area (Å²) in [5.74, 6) is -0.695. The molecule has 1 heterocycles. The van der Waals surface area contributed by atoms with Gasteiger partial charge in [0.15, 0.2) is 0 Å². The van der Waals surface area contributed by atoms with Crippen molar-refractivity contribution in [1.29, 1.82) is 0 Å². The summed E-state index contributed by atoms with van der Waals surface area (Å²) in [7, 11) is 1.33. The molecule has 1 aliphatic rings. The number of nitrogens with one attached hydrogen (secondary N) is 1. The zero-order valence-electron chi connectivity index (χ0n) is 18.3. The second-order valence-electron chi connectivity index (χ2n) is 7.41. The lowest BCUT2D eigenvalue weighted by Gasteiger charge is -2.14. The Hall–Kier alpha value is -2.39. The first-order valence-electron chi connectivity index (χ1n) is 10.5. The van der Waals surface area contributed by atoms with Crippen molar-refractivity contribution in [1.82, 2.24) is 4.90 Å². The van der Waals surface area contributed by atoms with Crippen LogP contribution in [-0.2, 0) is 14.3 Å². The van der Waals surface area contributed by atoms with Gasteiger partial charge in [-0.1, -0.05) is 71.8 Å². The van der Waals surface area contributed by atoms with Crippen molar-refractivity contribution in [2.45, 2.75) is 25.7 Å². The third-order valence-electron chi connectivity index (χ3n) is 5.01. The minimum Gasteiger partial charge on any atom is -0.465 e. The van der Waals surface area contributed by atoms with E-state index in [9.17, 15) is 14.4 Å². The number of thioether (sulfide) groups is 1. The Balaban J connectivity index is 1.44. The topological polar surface area (TPSA) is 75.7 Å². The van der Waals surface area contributed by atoms with Crippen molar-refractivity contribution in [2.75, 3.05) is 19.0 Å². The van der Waals surface area contributed by atoms with E-state index in [1.807, 2.05) is 0 Å². The van der Waals surface area contributed by atoms with Crippen molar-refractivity contribution in [3.8, 4) is 0 Å². The SMILES string of the molecule is COC(=O)c1ccc(C=C2SC(=S)N(CCCCCC(=O)Nc3cccc(Cl)c3Cl)C2=O)cc1. The van der Waals surface area contributed by atoms with Crippen LogP contribution >= 0.6 is 47.2 Å². The number of carbonyl (C=O) groups excluding carboxylic acids is 3. The molecule has 0 unspecified atom stereocenters. The number of rotatable bonds is 9. The fraction of sp³-hybridized carbons (Fsp3) is 0.250. The highest BCUT2D eigenvalue weighted by Gasteiger charge is 2.31. The molecule has 0 saturated carbocycles. The Bertz CT molecular complexity index is 1140. The lowest BCUT2D eigenvalue weighted by Crippen LogP contribution is -2.29. The van der Waals surface area contributed by atoms with Gasteiger partial charge in [0.1, 0.15) is 4.32 Å². The normalized spacial score (nSPS) is 14.6. The summed E-state index contributed by atoms with van der Waals surface area (Å²) >= 11 is 18.7. The number of unbranched alkanes of at least 4 members (excludes halogenated alkanes) is 2. The van der Waals surface area contributed by atoms with E-state index in [0.717, 1.165) is 18.4 Å². The second-order valence-corrected chi connectivity index (χ2v) is 9.87. The lowest BCUT2D eigenvalue weighted by atomic mass is 10.1. The highest BCUT2D eigenvalue weighted by atomic mass is 35.5. The minimum atomic E-state index is -0.413. The lowest BCUT2D eigenvalue weighted by molar-refractivity contribution is -0.122. The number of amides is 2. The number of benzene rings is 2. The summed E-state index contributed by atoms with van der Waals surface area (Å²) in [5.41, 5.74) is 1.72. The summed E-state index contributed by atoms with van der Waals surface area (Å²) in [6.07, 6.45) is 4.25. The predicted octanol–water partition coefficient (Wildman–Crippen LogP) is 6.18. The van der Waals surface area contributed by atoms with Gasteiger partial charge in [0.05, 0.1) is 33.3 Å². The molecule has 34 heavy (non-hydrogen) atoms. The second kappa shape index (κ2) is 12.4. The van der Waals surface area contributed by atoms with Gasteiger partial charge in [-0.3, -0.25) is 14.5 Å². The molecule has 0 radical (unpaired) electrons. The number of ether oxygens (including phenoxy) is 1. The maximum atomic E-state index is 12.8. The molecule has 2 aromatic rings. The molecule has 0 aliphatic carbocycles. The number of halogens is 2. The third kappa shape index (κ3) is 6.82. The molecular formula is C24H22Cl2N2O4S2. The standard InChI is InChI=1S/C24H22Cl2N2O4S2/c1-32-23(31)16-11-9-15(10-12-16)14-19-22(30)28(24(33)34-19)13-4-2-3-8-20(29)27-18-7-5-6-17(25)21(18)26/h5-7,9-12,14H,2-4,8,13H2,1H3,(H,27,29). The summed E-state index contributed by atoms with van der Waals surface area (Å²) in [6, 6.07) is 11.9. The number of methoxy groups -OCH3 is 1. The van der Waals surface area contributed by atoms with Crippen LogP contribution in [0.3, 0.4) is 0 Å². The number of esters is 1. The average Bonchev–Trinajstić information content (AvgIpc) is 3.09. The van der Waals surface area contributed by atoms with Crippen LogP contribution in [0.4, 0.5) is 5.69 Å². The number of nitrogens with zero attached hydrogens (tertiary/aromatic N) is 1. The molecule has 1 fully saturated rings. The Morgan fingerprint density at radius 3 is 2.56 bits per heavy atom. The van der Waals surface area contributed by atoms with E-state index in [0.29, 0.717) is 49.9 Å².